The fourth-order valence-corrected chi connectivity index (χ4v) is 1.40. The van der Waals surface area contributed by atoms with Gasteiger partial charge in [-0.15, -0.1) is 0 Å². The summed E-state index contributed by atoms with van der Waals surface area (Å²) < 4.78 is 5.30. The fourth-order valence-electron chi connectivity index (χ4n) is 1.40. The molecule has 0 amide bonds. The summed E-state index contributed by atoms with van der Waals surface area (Å²) in [4.78, 5) is 4.44. The van der Waals surface area contributed by atoms with Gasteiger partial charge in [0.1, 0.15) is 0 Å². The number of rotatable bonds is 6. The van der Waals surface area contributed by atoms with Crippen molar-refractivity contribution in [3.8, 4) is 0 Å². The van der Waals surface area contributed by atoms with Crippen LogP contribution in [0, 0.1) is 5.92 Å². The van der Waals surface area contributed by atoms with E-state index < -0.39 is 0 Å². The highest BCUT2D eigenvalue weighted by molar-refractivity contribution is 5.03. The topological polar surface area (TPSA) is 64.9 Å². The SMILES string of the molecule is CCC(C)(CN)c1nc(CCC(C)C)no1. The quantitative estimate of drug-likeness (QED) is 0.806. The highest BCUT2D eigenvalue weighted by Crippen LogP contribution is 2.24. The van der Waals surface area contributed by atoms with Gasteiger partial charge in [0.2, 0.25) is 5.89 Å². The molecule has 92 valence electrons. The van der Waals surface area contributed by atoms with E-state index in [1.54, 1.807) is 0 Å². The number of nitrogens with zero attached hydrogens (tertiary/aromatic N) is 2. The van der Waals surface area contributed by atoms with E-state index in [1.165, 1.54) is 0 Å². The van der Waals surface area contributed by atoms with Crippen LogP contribution in [-0.2, 0) is 11.8 Å². The van der Waals surface area contributed by atoms with Crippen molar-refractivity contribution < 1.29 is 4.52 Å². The highest BCUT2D eigenvalue weighted by atomic mass is 16.5. The van der Waals surface area contributed by atoms with Crippen molar-refractivity contribution in [3.05, 3.63) is 11.7 Å². The average molecular weight is 225 g/mol. The van der Waals surface area contributed by atoms with Gasteiger partial charge in [-0.3, -0.25) is 0 Å². The molecule has 0 bridgehead atoms. The van der Waals surface area contributed by atoms with Gasteiger partial charge in [0.05, 0.1) is 5.41 Å². The maximum absolute atomic E-state index is 5.75. The molecule has 0 aliphatic carbocycles. The van der Waals surface area contributed by atoms with Crippen molar-refractivity contribution >= 4 is 0 Å². The number of hydrogen-bond donors (Lipinski definition) is 1. The van der Waals surface area contributed by atoms with Crippen LogP contribution in [0.5, 0.6) is 0 Å². The van der Waals surface area contributed by atoms with Gasteiger partial charge < -0.3 is 10.3 Å². The number of hydrogen-bond acceptors (Lipinski definition) is 4. The van der Waals surface area contributed by atoms with E-state index in [9.17, 15) is 0 Å². The zero-order chi connectivity index (χ0) is 12.2. The van der Waals surface area contributed by atoms with Crippen molar-refractivity contribution in [3.63, 3.8) is 0 Å². The van der Waals surface area contributed by atoms with Gasteiger partial charge in [0, 0.05) is 13.0 Å². The molecule has 1 atom stereocenters. The van der Waals surface area contributed by atoms with Crippen LogP contribution in [0.3, 0.4) is 0 Å². The molecule has 2 N–H and O–H groups in total. The molecule has 0 saturated heterocycles. The van der Waals surface area contributed by atoms with Gasteiger partial charge >= 0.3 is 0 Å². The lowest BCUT2D eigenvalue weighted by atomic mass is 9.88. The summed E-state index contributed by atoms with van der Waals surface area (Å²) in [5.41, 5.74) is 5.58. The highest BCUT2D eigenvalue weighted by Gasteiger charge is 2.29. The van der Waals surface area contributed by atoms with E-state index in [0.29, 0.717) is 18.4 Å². The van der Waals surface area contributed by atoms with Crippen LogP contribution in [0.2, 0.25) is 0 Å². The van der Waals surface area contributed by atoms with Crippen LogP contribution in [0.25, 0.3) is 0 Å². The van der Waals surface area contributed by atoms with E-state index in [1.807, 2.05) is 0 Å². The molecule has 1 heterocycles. The van der Waals surface area contributed by atoms with Crippen LogP contribution in [-0.4, -0.2) is 16.7 Å². The lowest BCUT2D eigenvalue weighted by Crippen LogP contribution is -2.31. The number of aromatic nitrogens is 2. The molecule has 0 aliphatic heterocycles. The Bertz CT molecular complexity index is 316. The second-order valence-corrected chi connectivity index (χ2v) is 5.07. The molecule has 1 rings (SSSR count). The Labute approximate surface area is 97.6 Å². The first-order chi connectivity index (χ1) is 7.51. The zero-order valence-corrected chi connectivity index (χ0v) is 10.8. The predicted octanol–water partition coefficient (Wildman–Crippen LogP) is 2.28. The fraction of sp³-hybridized carbons (Fsp3) is 0.833. The summed E-state index contributed by atoms with van der Waals surface area (Å²) >= 11 is 0. The van der Waals surface area contributed by atoms with Gasteiger partial charge in [-0.05, 0) is 25.7 Å². The predicted molar refractivity (Wildman–Crippen MR) is 64.2 cm³/mol. The minimum Gasteiger partial charge on any atom is -0.339 e. The lowest BCUT2D eigenvalue weighted by molar-refractivity contribution is 0.289. The summed E-state index contributed by atoms with van der Waals surface area (Å²) in [6, 6.07) is 0. The van der Waals surface area contributed by atoms with E-state index in [2.05, 4.69) is 37.8 Å². The molecule has 4 heteroatoms. The van der Waals surface area contributed by atoms with E-state index >= 15 is 0 Å². The molecule has 4 nitrogen and oxygen atoms in total. The van der Waals surface area contributed by atoms with Crippen LogP contribution in [0.4, 0.5) is 0 Å². The molecule has 0 saturated carbocycles. The van der Waals surface area contributed by atoms with Crippen LogP contribution < -0.4 is 5.73 Å². The Morgan fingerprint density at radius 1 is 1.44 bits per heavy atom. The Hall–Kier alpha value is -0.900. The van der Waals surface area contributed by atoms with Gasteiger partial charge in [-0.1, -0.05) is 25.9 Å². The molecule has 0 aromatic carbocycles. The maximum atomic E-state index is 5.75. The average Bonchev–Trinajstić information content (AvgIpc) is 2.74. The number of nitrogens with two attached hydrogens (primary N) is 1. The lowest BCUT2D eigenvalue weighted by Gasteiger charge is -2.20. The van der Waals surface area contributed by atoms with Crippen LogP contribution in [0.15, 0.2) is 4.52 Å². The molecule has 0 aliphatic rings. The van der Waals surface area contributed by atoms with E-state index in [4.69, 9.17) is 10.3 Å². The van der Waals surface area contributed by atoms with Crippen molar-refractivity contribution in [2.24, 2.45) is 11.7 Å². The number of aryl methyl sites for hydroxylation is 1. The van der Waals surface area contributed by atoms with Gasteiger partial charge in [-0.2, -0.15) is 4.98 Å². The second-order valence-electron chi connectivity index (χ2n) is 5.07. The minimum atomic E-state index is -0.177. The third kappa shape index (κ3) is 3.04. The van der Waals surface area contributed by atoms with Crippen molar-refractivity contribution in [1.82, 2.24) is 10.1 Å². The molecule has 0 fully saturated rings. The van der Waals surface area contributed by atoms with E-state index in [0.717, 1.165) is 25.1 Å². The monoisotopic (exact) mass is 225 g/mol. The molecule has 1 aromatic rings. The Kier molecular flexibility index (Phi) is 4.47. The minimum absolute atomic E-state index is 0.177. The van der Waals surface area contributed by atoms with Crippen molar-refractivity contribution in [2.75, 3.05) is 6.54 Å². The Morgan fingerprint density at radius 3 is 2.62 bits per heavy atom. The molecule has 1 aromatic heterocycles. The second kappa shape index (κ2) is 5.43. The first-order valence-corrected chi connectivity index (χ1v) is 6.05. The Balaban J connectivity index is 2.70. The molecule has 1 unspecified atom stereocenters. The molecule has 16 heavy (non-hydrogen) atoms. The first kappa shape index (κ1) is 13.2. The maximum Gasteiger partial charge on any atom is 0.233 e. The molecule has 0 spiro atoms. The van der Waals surface area contributed by atoms with Crippen molar-refractivity contribution in [1.29, 1.82) is 0 Å². The van der Waals surface area contributed by atoms with Gasteiger partial charge in [0.15, 0.2) is 5.82 Å². The smallest absolute Gasteiger partial charge is 0.233 e. The van der Waals surface area contributed by atoms with Crippen LogP contribution >= 0.6 is 0 Å². The summed E-state index contributed by atoms with van der Waals surface area (Å²) in [7, 11) is 0. The summed E-state index contributed by atoms with van der Waals surface area (Å²) in [5.74, 6) is 2.14. The van der Waals surface area contributed by atoms with E-state index in [-0.39, 0.29) is 5.41 Å². The largest absolute Gasteiger partial charge is 0.339 e. The molecular weight excluding hydrogens is 202 g/mol. The Morgan fingerprint density at radius 2 is 2.12 bits per heavy atom. The summed E-state index contributed by atoms with van der Waals surface area (Å²) in [6.07, 6.45) is 2.88. The van der Waals surface area contributed by atoms with Crippen LogP contribution in [0.1, 0.15) is 52.3 Å². The standard InChI is InChI=1S/C12H23N3O/c1-5-12(4,8-13)11-14-10(15-16-11)7-6-9(2)3/h9H,5-8,13H2,1-4H3. The summed E-state index contributed by atoms with van der Waals surface area (Å²) in [6.45, 7) is 9.07. The third-order valence-electron chi connectivity index (χ3n) is 3.16. The van der Waals surface area contributed by atoms with Crippen molar-refractivity contribution in [2.45, 2.75) is 52.4 Å². The third-order valence-corrected chi connectivity index (χ3v) is 3.16. The van der Waals surface area contributed by atoms with Gasteiger partial charge in [-0.25, -0.2) is 0 Å². The normalized spacial score (nSPS) is 15.4. The molecular formula is C12H23N3O. The first-order valence-electron chi connectivity index (χ1n) is 6.05. The summed E-state index contributed by atoms with van der Waals surface area (Å²) in [5, 5.41) is 4.01. The van der Waals surface area contributed by atoms with Gasteiger partial charge in [0.25, 0.3) is 0 Å². The zero-order valence-electron chi connectivity index (χ0n) is 10.8. The molecule has 0 radical (unpaired) electrons.